The predicted octanol–water partition coefficient (Wildman–Crippen LogP) is 2.04. The van der Waals surface area contributed by atoms with Crippen molar-refractivity contribution in [3.63, 3.8) is 0 Å². The number of benzene rings is 1. The van der Waals surface area contributed by atoms with Crippen LogP contribution in [0, 0.1) is 5.41 Å². The van der Waals surface area contributed by atoms with Gasteiger partial charge in [-0.3, -0.25) is 14.8 Å². The molecule has 0 spiro atoms. The van der Waals surface area contributed by atoms with E-state index < -0.39 is 5.91 Å². The first-order chi connectivity index (χ1) is 13.6. The molecule has 8 nitrogen and oxygen atoms in total. The number of hydrogen-bond donors (Lipinski definition) is 3. The van der Waals surface area contributed by atoms with E-state index in [1.165, 1.54) is 10.8 Å². The van der Waals surface area contributed by atoms with E-state index in [1.54, 1.807) is 12.5 Å². The van der Waals surface area contributed by atoms with Crippen LogP contribution < -0.4 is 15.5 Å². The number of hydrogen-bond acceptors (Lipinski definition) is 5. The van der Waals surface area contributed by atoms with Gasteiger partial charge in [0.05, 0.1) is 0 Å². The van der Waals surface area contributed by atoms with Crippen molar-refractivity contribution in [1.82, 2.24) is 20.3 Å². The molecule has 0 aliphatic heterocycles. The number of carbonyl (C=O) groups is 2. The Labute approximate surface area is 171 Å². The van der Waals surface area contributed by atoms with Gasteiger partial charge >= 0.3 is 0 Å². The quantitative estimate of drug-likeness (QED) is 0.441. The van der Waals surface area contributed by atoms with Crippen LogP contribution in [0.4, 0.5) is 0 Å². The summed E-state index contributed by atoms with van der Waals surface area (Å²) in [6, 6.07) is 9.43. The molecular formula is C21H30N4O4. The molecule has 0 radical (unpaired) electrons. The lowest BCUT2D eigenvalue weighted by atomic mass is 9.93. The van der Waals surface area contributed by atoms with Crippen LogP contribution in [0.1, 0.15) is 40.3 Å². The first-order valence-electron chi connectivity index (χ1n) is 9.38. The molecule has 2 amide bonds. The molecule has 0 atom stereocenters. The SMILES string of the molecule is CN(C)CC(C)(C)CNC(=O)c1c(OCc2ccccc2)c(C(=O)NO)cn1C. The number of aryl methyl sites for hydroxylation is 1. The molecule has 1 aromatic heterocycles. The summed E-state index contributed by atoms with van der Waals surface area (Å²) in [6.07, 6.45) is 1.46. The molecule has 158 valence electrons. The fraction of sp³-hybridized carbons (Fsp3) is 0.429. The summed E-state index contributed by atoms with van der Waals surface area (Å²) in [5, 5.41) is 12.0. The van der Waals surface area contributed by atoms with Crippen LogP contribution >= 0.6 is 0 Å². The minimum atomic E-state index is -0.740. The Kier molecular flexibility index (Phi) is 7.41. The first-order valence-corrected chi connectivity index (χ1v) is 9.38. The Morgan fingerprint density at radius 3 is 2.41 bits per heavy atom. The van der Waals surface area contributed by atoms with Crippen LogP contribution in [0.25, 0.3) is 0 Å². The minimum absolute atomic E-state index is 0.0867. The summed E-state index contributed by atoms with van der Waals surface area (Å²) in [5.41, 5.74) is 2.67. The van der Waals surface area contributed by atoms with E-state index in [2.05, 4.69) is 24.1 Å². The number of carbonyl (C=O) groups excluding carboxylic acids is 2. The molecule has 0 fully saturated rings. The lowest BCUT2D eigenvalue weighted by Gasteiger charge is -2.28. The Morgan fingerprint density at radius 1 is 1.17 bits per heavy atom. The normalized spacial score (nSPS) is 11.4. The zero-order chi connectivity index (χ0) is 21.6. The second kappa shape index (κ2) is 9.58. The van der Waals surface area contributed by atoms with Gasteiger partial charge < -0.3 is 19.5 Å². The van der Waals surface area contributed by atoms with E-state index in [-0.39, 0.29) is 34.9 Å². The maximum absolute atomic E-state index is 12.9. The van der Waals surface area contributed by atoms with Gasteiger partial charge in [-0.2, -0.15) is 0 Å². The van der Waals surface area contributed by atoms with Crippen molar-refractivity contribution in [1.29, 1.82) is 0 Å². The monoisotopic (exact) mass is 402 g/mol. The van der Waals surface area contributed by atoms with Crippen molar-refractivity contribution in [2.24, 2.45) is 12.5 Å². The molecule has 0 unspecified atom stereocenters. The number of rotatable bonds is 9. The van der Waals surface area contributed by atoms with Gasteiger partial charge in [-0.05, 0) is 25.1 Å². The molecule has 0 aliphatic carbocycles. The number of ether oxygens (including phenoxy) is 1. The van der Waals surface area contributed by atoms with Gasteiger partial charge in [0.1, 0.15) is 17.9 Å². The Bertz CT molecular complexity index is 844. The summed E-state index contributed by atoms with van der Waals surface area (Å²) in [5.74, 6) is -0.958. The minimum Gasteiger partial charge on any atom is -0.486 e. The third kappa shape index (κ3) is 6.07. The lowest BCUT2D eigenvalue weighted by Crippen LogP contribution is -2.40. The van der Waals surface area contributed by atoms with E-state index in [9.17, 15) is 9.59 Å². The van der Waals surface area contributed by atoms with Gasteiger partial charge in [-0.1, -0.05) is 44.2 Å². The summed E-state index contributed by atoms with van der Waals surface area (Å²) in [7, 11) is 5.62. The van der Waals surface area contributed by atoms with E-state index >= 15 is 0 Å². The molecular weight excluding hydrogens is 372 g/mol. The van der Waals surface area contributed by atoms with Crippen LogP contribution in [0.2, 0.25) is 0 Å². The number of aromatic nitrogens is 1. The van der Waals surface area contributed by atoms with Crippen molar-refractivity contribution < 1.29 is 19.5 Å². The second-order valence-corrected chi connectivity index (χ2v) is 8.13. The molecule has 1 aromatic carbocycles. The zero-order valence-electron chi connectivity index (χ0n) is 17.7. The molecule has 0 saturated carbocycles. The van der Waals surface area contributed by atoms with Crippen molar-refractivity contribution >= 4 is 11.8 Å². The second-order valence-electron chi connectivity index (χ2n) is 8.13. The molecule has 3 N–H and O–H groups in total. The van der Waals surface area contributed by atoms with E-state index in [0.29, 0.717) is 6.54 Å². The van der Waals surface area contributed by atoms with Gasteiger partial charge in [0.15, 0.2) is 5.75 Å². The highest BCUT2D eigenvalue weighted by Gasteiger charge is 2.27. The van der Waals surface area contributed by atoms with Gasteiger partial charge in [0.25, 0.3) is 11.8 Å². The van der Waals surface area contributed by atoms with Crippen LogP contribution in [-0.4, -0.2) is 53.7 Å². The van der Waals surface area contributed by atoms with Crippen LogP contribution in [-0.2, 0) is 13.7 Å². The van der Waals surface area contributed by atoms with Crippen LogP contribution in [0.3, 0.4) is 0 Å². The summed E-state index contributed by atoms with van der Waals surface area (Å²) < 4.78 is 7.38. The topological polar surface area (TPSA) is 95.8 Å². The van der Waals surface area contributed by atoms with Crippen LogP contribution in [0.15, 0.2) is 36.5 Å². The zero-order valence-corrected chi connectivity index (χ0v) is 17.7. The number of amides is 2. The lowest BCUT2D eigenvalue weighted by molar-refractivity contribution is 0.0702. The van der Waals surface area contributed by atoms with E-state index in [4.69, 9.17) is 9.94 Å². The Hall–Kier alpha value is -2.84. The highest BCUT2D eigenvalue weighted by molar-refractivity contribution is 6.03. The van der Waals surface area contributed by atoms with Crippen LogP contribution in [0.5, 0.6) is 5.75 Å². The fourth-order valence-electron chi connectivity index (χ4n) is 3.28. The standard InChI is InChI=1S/C21H30N4O4/c1-21(2,14-24(3)4)13-22-20(27)17-18(16(11-25(17)5)19(26)23-28)29-12-15-9-7-6-8-10-15/h6-11,28H,12-14H2,1-5H3,(H,22,27)(H,23,26). The van der Waals surface area contributed by atoms with Gasteiger partial charge in [-0.25, -0.2) is 5.48 Å². The maximum Gasteiger partial charge on any atom is 0.279 e. The molecule has 0 bridgehead atoms. The number of nitrogens with one attached hydrogen (secondary N) is 2. The molecule has 8 heteroatoms. The van der Waals surface area contributed by atoms with Crippen molar-refractivity contribution in [3.05, 3.63) is 53.3 Å². The summed E-state index contributed by atoms with van der Waals surface area (Å²) in [6.45, 7) is 5.57. The van der Waals surface area contributed by atoms with E-state index in [0.717, 1.165) is 12.1 Å². The predicted molar refractivity (Wildman–Crippen MR) is 110 cm³/mol. The summed E-state index contributed by atoms with van der Waals surface area (Å²) >= 11 is 0. The fourth-order valence-corrected chi connectivity index (χ4v) is 3.28. The smallest absolute Gasteiger partial charge is 0.279 e. The molecule has 2 rings (SSSR count). The first kappa shape index (κ1) is 22.4. The highest BCUT2D eigenvalue weighted by atomic mass is 16.5. The Balaban J connectivity index is 2.26. The van der Waals surface area contributed by atoms with Gasteiger partial charge in [0, 0.05) is 26.3 Å². The van der Waals surface area contributed by atoms with Crippen molar-refractivity contribution in [3.8, 4) is 5.75 Å². The van der Waals surface area contributed by atoms with E-state index in [1.807, 2.05) is 44.4 Å². The number of nitrogens with zero attached hydrogens (tertiary/aromatic N) is 2. The molecule has 2 aromatic rings. The highest BCUT2D eigenvalue weighted by Crippen LogP contribution is 2.27. The van der Waals surface area contributed by atoms with Crippen molar-refractivity contribution in [2.45, 2.75) is 20.5 Å². The van der Waals surface area contributed by atoms with Gasteiger partial charge in [0.2, 0.25) is 0 Å². The average molecular weight is 402 g/mol. The largest absolute Gasteiger partial charge is 0.486 e. The summed E-state index contributed by atoms with van der Waals surface area (Å²) in [4.78, 5) is 27.1. The molecule has 29 heavy (non-hydrogen) atoms. The Morgan fingerprint density at radius 2 is 1.83 bits per heavy atom. The average Bonchev–Trinajstić information content (AvgIpc) is 3.00. The third-order valence-electron chi connectivity index (χ3n) is 4.39. The van der Waals surface area contributed by atoms with Gasteiger partial charge in [-0.15, -0.1) is 0 Å². The number of hydroxylamine groups is 1. The maximum atomic E-state index is 12.9. The van der Waals surface area contributed by atoms with Crippen molar-refractivity contribution in [2.75, 3.05) is 27.2 Å². The third-order valence-corrected chi connectivity index (χ3v) is 4.39. The molecule has 1 heterocycles. The molecule has 0 aliphatic rings. The molecule has 0 saturated heterocycles.